The normalized spacial score (nSPS) is 28.9. The first-order valence-corrected chi connectivity index (χ1v) is 8.71. The molecular weight excluding hydrogens is 312 g/mol. The van der Waals surface area contributed by atoms with E-state index in [0.717, 1.165) is 0 Å². The van der Waals surface area contributed by atoms with E-state index in [1.807, 2.05) is 0 Å². The summed E-state index contributed by atoms with van der Waals surface area (Å²) >= 11 is 0. The summed E-state index contributed by atoms with van der Waals surface area (Å²) in [7, 11) is -3.49. The van der Waals surface area contributed by atoms with Gasteiger partial charge < -0.3 is 9.47 Å². The molecule has 0 amide bonds. The minimum atomic E-state index is -3.49. The van der Waals surface area contributed by atoms with E-state index in [9.17, 15) is 18.0 Å². The molecular formula is C14H20O7S. The van der Waals surface area contributed by atoms with Crippen LogP contribution in [0.5, 0.6) is 0 Å². The summed E-state index contributed by atoms with van der Waals surface area (Å²) in [6, 6.07) is 0. The Morgan fingerprint density at radius 3 is 2.73 bits per heavy atom. The third-order valence-electron chi connectivity index (χ3n) is 3.74. The number of ether oxygens (including phenoxy) is 2. The van der Waals surface area contributed by atoms with Crippen molar-refractivity contribution >= 4 is 22.1 Å². The predicted molar refractivity (Wildman–Crippen MR) is 76.3 cm³/mol. The Balaban J connectivity index is 1.70. The van der Waals surface area contributed by atoms with Crippen LogP contribution >= 0.6 is 0 Å². The van der Waals surface area contributed by atoms with Gasteiger partial charge >= 0.3 is 11.9 Å². The number of fused-ring (bicyclic) bond motifs is 2. The van der Waals surface area contributed by atoms with Crippen molar-refractivity contribution in [2.45, 2.75) is 56.5 Å². The lowest BCUT2D eigenvalue weighted by Gasteiger charge is -2.25. The second-order valence-electron chi connectivity index (χ2n) is 5.61. The van der Waals surface area contributed by atoms with Crippen LogP contribution in [-0.2, 0) is 33.4 Å². The van der Waals surface area contributed by atoms with Crippen molar-refractivity contribution in [3.05, 3.63) is 12.2 Å². The smallest absolute Gasteiger partial charge is 0.333 e. The average Bonchev–Trinajstić information content (AvgIpc) is 2.68. The molecule has 2 fully saturated rings. The lowest BCUT2D eigenvalue weighted by molar-refractivity contribution is -0.155. The number of esters is 2. The second-order valence-corrected chi connectivity index (χ2v) is 7.46. The molecule has 1 aliphatic carbocycles. The largest absolute Gasteiger partial charge is 0.462 e. The van der Waals surface area contributed by atoms with Gasteiger partial charge in [0, 0.05) is 12.0 Å². The minimum absolute atomic E-state index is 0.100. The van der Waals surface area contributed by atoms with Gasteiger partial charge in [-0.05, 0) is 32.6 Å². The van der Waals surface area contributed by atoms with Crippen molar-refractivity contribution in [3.63, 3.8) is 0 Å². The Labute approximate surface area is 129 Å². The van der Waals surface area contributed by atoms with Gasteiger partial charge in [0.15, 0.2) is 0 Å². The number of carbonyl (C=O) groups is 2. The fraction of sp³-hybridized carbons (Fsp3) is 0.714. The van der Waals surface area contributed by atoms with Gasteiger partial charge in [-0.2, -0.15) is 8.42 Å². The summed E-state index contributed by atoms with van der Waals surface area (Å²) in [5.41, 5.74) is 0.305. The second kappa shape index (κ2) is 6.78. The Morgan fingerprint density at radius 2 is 2.05 bits per heavy atom. The van der Waals surface area contributed by atoms with E-state index in [-0.39, 0.29) is 13.0 Å². The summed E-state index contributed by atoms with van der Waals surface area (Å²) in [5.74, 6) is -0.932. The monoisotopic (exact) mass is 332 g/mol. The predicted octanol–water partition coefficient (Wildman–Crippen LogP) is 1.08. The number of carbonyl (C=O) groups excluding carboxylic acids is 2. The van der Waals surface area contributed by atoms with Crippen LogP contribution in [0.3, 0.4) is 0 Å². The highest BCUT2D eigenvalue weighted by Gasteiger charge is 2.48. The molecule has 7 nitrogen and oxygen atoms in total. The van der Waals surface area contributed by atoms with Gasteiger partial charge in [-0.25, -0.2) is 4.79 Å². The maximum Gasteiger partial charge on any atom is 0.333 e. The molecule has 1 saturated heterocycles. The van der Waals surface area contributed by atoms with E-state index < -0.39 is 39.5 Å². The van der Waals surface area contributed by atoms with Crippen LogP contribution in [0.1, 0.15) is 39.0 Å². The molecule has 0 aromatic carbocycles. The summed E-state index contributed by atoms with van der Waals surface area (Å²) in [5, 5.41) is -0.464. The Kier molecular flexibility index (Phi) is 5.23. The molecule has 124 valence electrons. The summed E-state index contributed by atoms with van der Waals surface area (Å²) in [4.78, 5) is 22.9. The molecule has 0 N–H and O–H groups in total. The van der Waals surface area contributed by atoms with E-state index in [1.54, 1.807) is 6.92 Å². The third kappa shape index (κ3) is 4.07. The molecule has 22 heavy (non-hydrogen) atoms. The molecule has 1 saturated carbocycles. The fourth-order valence-corrected chi connectivity index (χ4v) is 4.10. The van der Waals surface area contributed by atoms with Crippen LogP contribution in [-0.4, -0.2) is 44.4 Å². The lowest BCUT2D eigenvalue weighted by atomic mass is 9.94. The molecule has 1 heterocycles. The highest BCUT2D eigenvalue weighted by molar-refractivity contribution is 7.87. The van der Waals surface area contributed by atoms with Crippen molar-refractivity contribution in [1.29, 1.82) is 0 Å². The molecule has 3 unspecified atom stereocenters. The molecule has 0 aromatic heterocycles. The van der Waals surface area contributed by atoms with Gasteiger partial charge in [0.05, 0.1) is 11.9 Å². The van der Waals surface area contributed by atoms with Crippen LogP contribution < -0.4 is 0 Å². The molecule has 3 atom stereocenters. The first-order valence-electron chi connectivity index (χ1n) is 7.24. The molecule has 1 aliphatic heterocycles. The zero-order valence-electron chi connectivity index (χ0n) is 12.4. The third-order valence-corrected chi connectivity index (χ3v) is 5.50. The topological polar surface area (TPSA) is 96.0 Å². The highest BCUT2D eigenvalue weighted by Crippen LogP contribution is 2.37. The Bertz CT molecular complexity index is 566. The van der Waals surface area contributed by atoms with E-state index in [2.05, 4.69) is 6.58 Å². The van der Waals surface area contributed by atoms with Crippen molar-refractivity contribution in [2.24, 2.45) is 0 Å². The Morgan fingerprint density at radius 1 is 1.32 bits per heavy atom. The number of hydrogen-bond acceptors (Lipinski definition) is 7. The number of rotatable bonds is 6. The molecule has 0 aromatic rings. The zero-order chi connectivity index (χ0) is 16.3. The molecule has 2 bridgehead atoms. The molecule has 2 aliphatic rings. The van der Waals surface area contributed by atoms with E-state index in [0.29, 0.717) is 31.3 Å². The van der Waals surface area contributed by atoms with Crippen molar-refractivity contribution in [1.82, 2.24) is 0 Å². The van der Waals surface area contributed by atoms with Crippen LogP contribution in [0.4, 0.5) is 0 Å². The quantitative estimate of drug-likeness (QED) is 0.311. The maximum atomic E-state index is 11.7. The van der Waals surface area contributed by atoms with Crippen LogP contribution in [0.15, 0.2) is 12.2 Å². The maximum absolute atomic E-state index is 11.7. The van der Waals surface area contributed by atoms with Gasteiger partial charge in [0.1, 0.15) is 12.2 Å². The fourth-order valence-electron chi connectivity index (χ4n) is 2.55. The summed E-state index contributed by atoms with van der Waals surface area (Å²) in [6.45, 7) is 5.11. The van der Waals surface area contributed by atoms with Gasteiger partial charge in [0.25, 0.3) is 10.1 Å². The van der Waals surface area contributed by atoms with E-state index in [1.165, 1.54) is 0 Å². The average molecular weight is 332 g/mol. The van der Waals surface area contributed by atoms with Gasteiger partial charge in [-0.3, -0.25) is 8.98 Å². The lowest BCUT2D eigenvalue weighted by Crippen LogP contribution is -2.34. The van der Waals surface area contributed by atoms with E-state index >= 15 is 0 Å². The van der Waals surface area contributed by atoms with Crippen LogP contribution in [0, 0.1) is 0 Å². The summed E-state index contributed by atoms with van der Waals surface area (Å²) in [6.07, 6.45) is 0.696. The van der Waals surface area contributed by atoms with E-state index in [4.69, 9.17) is 13.7 Å². The van der Waals surface area contributed by atoms with Crippen LogP contribution in [0.25, 0.3) is 0 Å². The van der Waals surface area contributed by atoms with Crippen molar-refractivity contribution in [2.75, 3.05) is 6.61 Å². The van der Waals surface area contributed by atoms with Gasteiger partial charge in [-0.15, -0.1) is 0 Å². The zero-order valence-corrected chi connectivity index (χ0v) is 13.3. The SMILES string of the molecule is C=C(C)C(=O)OCCCC(=O)OC1CCC2CC1OS2(=O)=O. The van der Waals surface area contributed by atoms with Crippen LogP contribution in [0.2, 0.25) is 0 Å². The van der Waals surface area contributed by atoms with Crippen molar-refractivity contribution < 1.29 is 31.7 Å². The standard InChI is InChI=1S/C14H20O7S/c1-9(2)14(16)19-7-3-4-13(15)20-11-6-5-10-8-12(11)21-22(10,17)18/h10-12H,1,3-8H2,2H3. The minimum Gasteiger partial charge on any atom is -0.462 e. The van der Waals surface area contributed by atoms with Gasteiger partial charge in [-0.1, -0.05) is 6.58 Å². The summed E-state index contributed by atoms with van der Waals surface area (Å²) < 4.78 is 38.3. The Hall–Kier alpha value is -1.41. The molecule has 2 rings (SSSR count). The van der Waals surface area contributed by atoms with Gasteiger partial charge in [0.2, 0.25) is 0 Å². The number of hydrogen-bond donors (Lipinski definition) is 0. The first kappa shape index (κ1) is 17.0. The molecule has 0 radical (unpaired) electrons. The molecule has 8 heteroatoms. The highest BCUT2D eigenvalue weighted by atomic mass is 32.2. The first-order chi connectivity index (χ1) is 10.3. The molecule has 0 spiro atoms. The van der Waals surface area contributed by atoms with Crippen molar-refractivity contribution in [3.8, 4) is 0 Å².